The van der Waals surface area contributed by atoms with Gasteiger partial charge in [0.25, 0.3) is 0 Å². The van der Waals surface area contributed by atoms with Crippen LogP contribution in [-0.2, 0) is 4.74 Å². The summed E-state index contributed by atoms with van der Waals surface area (Å²) in [4.78, 5) is 0. The monoisotopic (exact) mass is 147 g/mol. The third kappa shape index (κ3) is 1.46. The first-order chi connectivity index (χ1) is 4.61. The molecule has 10 heavy (non-hydrogen) atoms. The van der Waals surface area contributed by atoms with Crippen molar-refractivity contribution >= 4 is 0 Å². The highest BCUT2D eigenvalue weighted by Crippen LogP contribution is 2.16. The first-order valence-electron chi connectivity index (χ1n) is 3.38. The Morgan fingerprint density at radius 1 is 1.50 bits per heavy atom. The van der Waals surface area contributed by atoms with E-state index in [1.807, 2.05) is 0 Å². The summed E-state index contributed by atoms with van der Waals surface area (Å²) < 4.78 is 4.89. The van der Waals surface area contributed by atoms with E-state index in [4.69, 9.17) is 15.6 Å². The fraction of sp³-hybridized carbons (Fsp3) is 1.00. The minimum atomic E-state index is -0.812. The van der Waals surface area contributed by atoms with Gasteiger partial charge in [-0.2, -0.15) is 0 Å². The standard InChI is InChI=1S/C6H13NO3/c1-3-6(9)4(7)2-5(8)10-3/h3-6,8-9H,2,7H2,1H3/t3-,4+,5-,6-/m0/s1. The molecule has 1 aliphatic rings. The van der Waals surface area contributed by atoms with E-state index >= 15 is 0 Å². The molecule has 0 aromatic rings. The summed E-state index contributed by atoms with van der Waals surface area (Å²) in [5.74, 6) is 0. The van der Waals surface area contributed by atoms with Gasteiger partial charge in [-0.25, -0.2) is 0 Å². The first-order valence-corrected chi connectivity index (χ1v) is 3.38. The summed E-state index contributed by atoms with van der Waals surface area (Å²) in [5.41, 5.74) is 5.47. The Hall–Kier alpha value is -0.160. The molecule has 4 atom stereocenters. The lowest BCUT2D eigenvalue weighted by Gasteiger charge is -2.33. The Kier molecular flexibility index (Phi) is 2.25. The number of aliphatic hydroxyl groups excluding tert-OH is 2. The van der Waals surface area contributed by atoms with E-state index in [9.17, 15) is 5.11 Å². The van der Waals surface area contributed by atoms with Crippen LogP contribution in [-0.4, -0.2) is 34.8 Å². The summed E-state index contributed by atoms with van der Waals surface area (Å²) in [6.07, 6.45) is -1.51. The van der Waals surface area contributed by atoms with Gasteiger partial charge in [0.2, 0.25) is 0 Å². The van der Waals surface area contributed by atoms with Crippen molar-refractivity contribution in [3.05, 3.63) is 0 Å². The third-order valence-electron chi connectivity index (χ3n) is 1.77. The highest BCUT2D eigenvalue weighted by Gasteiger charge is 2.31. The molecule has 1 fully saturated rings. The van der Waals surface area contributed by atoms with Crippen LogP contribution in [0.1, 0.15) is 13.3 Å². The van der Waals surface area contributed by atoms with Crippen molar-refractivity contribution in [3.63, 3.8) is 0 Å². The van der Waals surface area contributed by atoms with E-state index in [0.717, 1.165) is 0 Å². The van der Waals surface area contributed by atoms with Gasteiger partial charge in [0, 0.05) is 12.5 Å². The molecule has 0 bridgehead atoms. The Morgan fingerprint density at radius 2 is 2.10 bits per heavy atom. The fourth-order valence-electron chi connectivity index (χ4n) is 1.10. The molecule has 4 nitrogen and oxygen atoms in total. The summed E-state index contributed by atoms with van der Waals surface area (Å²) in [6, 6.07) is -0.362. The van der Waals surface area contributed by atoms with Crippen LogP contribution in [0.2, 0.25) is 0 Å². The van der Waals surface area contributed by atoms with E-state index in [-0.39, 0.29) is 12.1 Å². The normalized spacial score (nSPS) is 49.2. The highest BCUT2D eigenvalue weighted by molar-refractivity contribution is 4.82. The largest absolute Gasteiger partial charge is 0.389 e. The Bertz CT molecular complexity index is 108. The van der Waals surface area contributed by atoms with Gasteiger partial charge < -0.3 is 20.7 Å². The predicted molar refractivity (Wildman–Crippen MR) is 35.2 cm³/mol. The van der Waals surface area contributed by atoms with Crippen LogP contribution in [0.4, 0.5) is 0 Å². The maximum atomic E-state index is 9.20. The molecule has 4 N–H and O–H groups in total. The van der Waals surface area contributed by atoms with Gasteiger partial charge in [0.1, 0.15) is 0 Å². The number of hydrogen-bond acceptors (Lipinski definition) is 4. The number of nitrogens with two attached hydrogens (primary N) is 1. The van der Waals surface area contributed by atoms with Crippen molar-refractivity contribution in [2.45, 2.75) is 37.9 Å². The van der Waals surface area contributed by atoms with Crippen molar-refractivity contribution in [3.8, 4) is 0 Å². The minimum absolute atomic E-state index is 0.311. The van der Waals surface area contributed by atoms with Crippen molar-refractivity contribution in [1.82, 2.24) is 0 Å². The fourth-order valence-corrected chi connectivity index (χ4v) is 1.10. The molecule has 1 saturated heterocycles. The number of ether oxygens (including phenoxy) is 1. The van der Waals surface area contributed by atoms with Gasteiger partial charge in [-0.1, -0.05) is 0 Å². The smallest absolute Gasteiger partial charge is 0.156 e. The zero-order valence-electron chi connectivity index (χ0n) is 5.90. The second-order valence-corrected chi connectivity index (χ2v) is 2.69. The summed E-state index contributed by atoms with van der Waals surface area (Å²) >= 11 is 0. The van der Waals surface area contributed by atoms with E-state index < -0.39 is 12.4 Å². The minimum Gasteiger partial charge on any atom is -0.389 e. The second-order valence-electron chi connectivity index (χ2n) is 2.69. The quantitative estimate of drug-likeness (QED) is 0.402. The molecule has 1 aliphatic heterocycles. The summed E-state index contributed by atoms with van der Waals surface area (Å²) in [5, 5.41) is 18.2. The second kappa shape index (κ2) is 2.84. The van der Waals surface area contributed by atoms with Gasteiger partial charge in [-0.3, -0.25) is 0 Å². The van der Waals surface area contributed by atoms with Crippen molar-refractivity contribution < 1.29 is 14.9 Å². The lowest BCUT2D eigenvalue weighted by molar-refractivity contribution is -0.198. The summed E-state index contributed by atoms with van der Waals surface area (Å²) in [6.45, 7) is 1.69. The Morgan fingerprint density at radius 3 is 2.60 bits per heavy atom. The predicted octanol–water partition coefficient (Wildman–Crippen LogP) is -1.20. The molecule has 60 valence electrons. The lowest BCUT2D eigenvalue weighted by atomic mass is 10.0. The van der Waals surface area contributed by atoms with E-state index in [1.54, 1.807) is 6.92 Å². The molecule has 0 aromatic heterocycles. The van der Waals surface area contributed by atoms with E-state index in [1.165, 1.54) is 0 Å². The zero-order chi connectivity index (χ0) is 7.72. The van der Waals surface area contributed by atoms with Crippen LogP contribution in [0.15, 0.2) is 0 Å². The van der Waals surface area contributed by atoms with Crippen molar-refractivity contribution in [2.24, 2.45) is 5.73 Å². The molecule has 0 saturated carbocycles. The topological polar surface area (TPSA) is 75.7 Å². The molecule has 0 amide bonds. The van der Waals surface area contributed by atoms with Crippen molar-refractivity contribution in [1.29, 1.82) is 0 Å². The molecule has 0 aliphatic carbocycles. The SMILES string of the molecule is C[C@@H]1O[C@H](O)C[C@@H](N)[C@H]1O. The van der Waals surface area contributed by atoms with Crippen LogP contribution >= 0.6 is 0 Å². The average Bonchev–Trinajstić information content (AvgIpc) is 1.82. The maximum Gasteiger partial charge on any atom is 0.156 e. The molecule has 0 radical (unpaired) electrons. The molecular formula is C6H13NO3. The number of aliphatic hydroxyl groups is 2. The van der Waals surface area contributed by atoms with Gasteiger partial charge in [0.15, 0.2) is 6.29 Å². The molecule has 1 rings (SSSR count). The van der Waals surface area contributed by atoms with Crippen LogP contribution in [0.5, 0.6) is 0 Å². The Labute approximate surface area is 59.6 Å². The molecular weight excluding hydrogens is 134 g/mol. The molecule has 4 heteroatoms. The van der Waals surface area contributed by atoms with Crippen LogP contribution in [0.3, 0.4) is 0 Å². The van der Waals surface area contributed by atoms with E-state index in [0.29, 0.717) is 6.42 Å². The molecule has 0 unspecified atom stereocenters. The third-order valence-corrected chi connectivity index (χ3v) is 1.77. The number of rotatable bonds is 0. The lowest BCUT2D eigenvalue weighted by Crippen LogP contribution is -2.51. The van der Waals surface area contributed by atoms with Gasteiger partial charge in [-0.15, -0.1) is 0 Å². The average molecular weight is 147 g/mol. The highest BCUT2D eigenvalue weighted by atomic mass is 16.6. The van der Waals surface area contributed by atoms with E-state index in [2.05, 4.69) is 0 Å². The Balaban J connectivity index is 2.49. The van der Waals surface area contributed by atoms with Gasteiger partial charge in [0.05, 0.1) is 12.2 Å². The van der Waals surface area contributed by atoms with Crippen LogP contribution in [0, 0.1) is 0 Å². The zero-order valence-corrected chi connectivity index (χ0v) is 5.90. The molecule has 0 spiro atoms. The van der Waals surface area contributed by atoms with Crippen molar-refractivity contribution in [2.75, 3.05) is 0 Å². The molecule has 1 heterocycles. The van der Waals surface area contributed by atoms with Gasteiger partial charge in [-0.05, 0) is 6.92 Å². The maximum absolute atomic E-state index is 9.20. The number of hydrogen-bond donors (Lipinski definition) is 3. The summed E-state index contributed by atoms with van der Waals surface area (Å²) in [7, 11) is 0. The van der Waals surface area contributed by atoms with Gasteiger partial charge >= 0.3 is 0 Å². The first kappa shape index (κ1) is 7.94. The van der Waals surface area contributed by atoms with Crippen LogP contribution < -0.4 is 5.73 Å². The van der Waals surface area contributed by atoms with Crippen LogP contribution in [0.25, 0.3) is 0 Å². The molecule has 0 aromatic carbocycles.